The zero-order valence-electron chi connectivity index (χ0n) is 13.6. The summed E-state index contributed by atoms with van der Waals surface area (Å²) in [7, 11) is 1.57. The molecule has 0 saturated heterocycles. The number of benzene rings is 1. The Hall–Kier alpha value is -2.24. The summed E-state index contributed by atoms with van der Waals surface area (Å²) < 4.78 is 10.1. The molecule has 0 spiro atoms. The Morgan fingerprint density at radius 2 is 1.86 bits per heavy atom. The molecule has 1 N–H and O–H groups in total. The van der Waals surface area contributed by atoms with Crippen LogP contribution in [0.5, 0.6) is 5.75 Å². The molecule has 1 aromatic rings. The zero-order valence-corrected chi connectivity index (χ0v) is 13.6. The molecule has 0 aliphatic rings. The van der Waals surface area contributed by atoms with Crippen molar-refractivity contribution in [1.29, 1.82) is 0 Å². The molecule has 0 atom stereocenters. The van der Waals surface area contributed by atoms with Crippen molar-refractivity contribution in [3.63, 3.8) is 0 Å². The standard InChI is InChI=1S/C16H24N2O4/c1-5-18(6-2)13-9-8-12(10-14(13)21-4)16(20)17-11-15(19)22-7-3/h8-10H,5-7,11H2,1-4H3,(H,17,20). The van der Waals surface area contributed by atoms with Gasteiger partial charge < -0.3 is 19.7 Å². The van der Waals surface area contributed by atoms with Gasteiger partial charge in [0.15, 0.2) is 0 Å². The lowest BCUT2D eigenvalue weighted by Crippen LogP contribution is -2.30. The first-order valence-electron chi connectivity index (χ1n) is 7.44. The monoisotopic (exact) mass is 308 g/mol. The van der Waals surface area contributed by atoms with Gasteiger partial charge in [-0.15, -0.1) is 0 Å². The molecule has 6 heteroatoms. The number of nitrogens with zero attached hydrogens (tertiary/aromatic N) is 1. The second kappa shape index (κ2) is 8.92. The molecule has 0 bridgehead atoms. The first kappa shape index (κ1) is 17.8. The first-order valence-corrected chi connectivity index (χ1v) is 7.44. The molecule has 0 saturated carbocycles. The van der Waals surface area contributed by atoms with E-state index in [4.69, 9.17) is 9.47 Å². The number of hydrogen-bond donors (Lipinski definition) is 1. The highest BCUT2D eigenvalue weighted by molar-refractivity contribution is 5.96. The summed E-state index contributed by atoms with van der Waals surface area (Å²) in [4.78, 5) is 25.4. The normalized spacial score (nSPS) is 10.0. The topological polar surface area (TPSA) is 67.9 Å². The van der Waals surface area contributed by atoms with Crippen molar-refractivity contribution in [2.24, 2.45) is 0 Å². The Kier molecular flexibility index (Phi) is 7.22. The van der Waals surface area contributed by atoms with Gasteiger partial charge >= 0.3 is 5.97 Å². The minimum atomic E-state index is -0.456. The Bertz CT molecular complexity index is 513. The number of anilines is 1. The molecule has 6 nitrogen and oxygen atoms in total. The highest BCUT2D eigenvalue weighted by Crippen LogP contribution is 2.29. The molecular formula is C16H24N2O4. The summed E-state index contributed by atoms with van der Waals surface area (Å²) in [6.07, 6.45) is 0. The van der Waals surface area contributed by atoms with Gasteiger partial charge in [0.1, 0.15) is 12.3 Å². The van der Waals surface area contributed by atoms with E-state index < -0.39 is 5.97 Å². The molecule has 122 valence electrons. The van der Waals surface area contributed by atoms with E-state index in [1.165, 1.54) is 0 Å². The number of nitrogens with one attached hydrogen (secondary N) is 1. The summed E-state index contributed by atoms with van der Waals surface area (Å²) >= 11 is 0. The predicted octanol–water partition coefficient (Wildman–Crippen LogP) is 1.83. The third kappa shape index (κ3) is 4.65. The van der Waals surface area contributed by atoms with Crippen molar-refractivity contribution in [2.45, 2.75) is 20.8 Å². The number of ether oxygens (including phenoxy) is 2. The van der Waals surface area contributed by atoms with Crippen LogP contribution in [0.15, 0.2) is 18.2 Å². The van der Waals surface area contributed by atoms with Gasteiger partial charge in [-0.1, -0.05) is 0 Å². The van der Waals surface area contributed by atoms with Crippen LogP contribution in [0.4, 0.5) is 5.69 Å². The Labute approximate surface area is 131 Å². The molecule has 0 fully saturated rings. The smallest absolute Gasteiger partial charge is 0.325 e. The van der Waals surface area contributed by atoms with E-state index in [2.05, 4.69) is 24.1 Å². The third-order valence-corrected chi connectivity index (χ3v) is 3.24. The average Bonchev–Trinajstić information content (AvgIpc) is 2.54. The first-order chi connectivity index (χ1) is 10.6. The molecule has 1 rings (SSSR count). The van der Waals surface area contributed by atoms with Crippen LogP contribution in [0.2, 0.25) is 0 Å². The van der Waals surface area contributed by atoms with E-state index in [1.807, 2.05) is 6.07 Å². The molecule has 0 aromatic heterocycles. The number of carbonyl (C=O) groups excluding carboxylic acids is 2. The molecular weight excluding hydrogens is 284 g/mol. The Morgan fingerprint density at radius 3 is 2.41 bits per heavy atom. The maximum atomic E-state index is 12.1. The zero-order chi connectivity index (χ0) is 16.5. The van der Waals surface area contributed by atoms with Crippen molar-refractivity contribution < 1.29 is 19.1 Å². The average molecular weight is 308 g/mol. The Balaban J connectivity index is 2.84. The molecule has 0 radical (unpaired) electrons. The number of esters is 1. The lowest BCUT2D eigenvalue weighted by atomic mass is 10.1. The summed E-state index contributed by atoms with van der Waals surface area (Å²) in [5.74, 6) is -0.160. The van der Waals surface area contributed by atoms with Crippen LogP contribution in [-0.4, -0.2) is 45.2 Å². The summed E-state index contributed by atoms with van der Waals surface area (Å²) in [6.45, 7) is 7.68. The van der Waals surface area contributed by atoms with Gasteiger partial charge in [-0.25, -0.2) is 0 Å². The van der Waals surface area contributed by atoms with Crippen LogP contribution in [-0.2, 0) is 9.53 Å². The fourth-order valence-electron chi connectivity index (χ4n) is 2.11. The third-order valence-electron chi connectivity index (χ3n) is 3.24. The van der Waals surface area contributed by atoms with Gasteiger partial charge in [0.2, 0.25) is 0 Å². The molecule has 0 heterocycles. The Morgan fingerprint density at radius 1 is 1.18 bits per heavy atom. The minimum absolute atomic E-state index is 0.146. The molecule has 0 aliphatic heterocycles. The van der Waals surface area contributed by atoms with Gasteiger partial charge in [0.05, 0.1) is 19.4 Å². The predicted molar refractivity (Wildman–Crippen MR) is 85.5 cm³/mol. The van der Waals surface area contributed by atoms with Gasteiger partial charge in [-0.3, -0.25) is 9.59 Å². The second-order valence-corrected chi connectivity index (χ2v) is 4.55. The lowest BCUT2D eigenvalue weighted by Gasteiger charge is -2.23. The molecule has 22 heavy (non-hydrogen) atoms. The van der Waals surface area contributed by atoms with Crippen LogP contribution in [0.25, 0.3) is 0 Å². The van der Waals surface area contributed by atoms with Gasteiger partial charge in [-0.05, 0) is 39.0 Å². The lowest BCUT2D eigenvalue weighted by molar-refractivity contribution is -0.141. The fourth-order valence-corrected chi connectivity index (χ4v) is 2.11. The number of carbonyl (C=O) groups is 2. The van der Waals surface area contributed by atoms with Crippen molar-refractivity contribution in [3.05, 3.63) is 23.8 Å². The van der Waals surface area contributed by atoms with E-state index in [0.29, 0.717) is 17.9 Å². The van der Waals surface area contributed by atoms with Crippen molar-refractivity contribution in [1.82, 2.24) is 5.32 Å². The van der Waals surface area contributed by atoms with Crippen LogP contribution in [0.3, 0.4) is 0 Å². The number of methoxy groups -OCH3 is 1. The van der Waals surface area contributed by atoms with E-state index >= 15 is 0 Å². The highest BCUT2D eigenvalue weighted by atomic mass is 16.5. The van der Waals surface area contributed by atoms with E-state index in [9.17, 15) is 9.59 Å². The second-order valence-electron chi connectivity index (χ2n) is 4.55. The van der Waals surface area contributed by atoms with Gasteiger partial charge in [-0.2, -0.15) is 0 Å². The van der Waals surface area contributed by atoms with Crippen molar-refractivity contribution in [3.8, 4) is 5.75 Å². The highest BCUT2D eigenvalue weighted by Gasteiger charge is 2.14. The van der Waals surface area contributed by atoms with Crippen LogP contribution < -0.4 is 15.0 Å². The van der Waals surface area contributed by atoms with Crippen LogP contribution >= 0.6 is 0 Å². The molecule has 1 aromatic carbocycles. The van der Waals surface area contributed by atoms with E-state index in [1.54, 1.807) is 26.2 Å². The van der Waals surface area contributed by atoms with E-state index in [-0.39, 0.29) is 12.5 Å². The van der Waals surface area contributed by atoms with Crippen LogP contribution in [0, 0.1) is 0 Å². The quantitative estimate of drug-likeness (QED) is 0.742. The number of hydrogen-bond acceptors (Lipinski definition) is 5. The summed E-state index contributed by atoms with van der Waals surface area (Å²) in [5.41, 5.74) is 1.38. The maximum absolute atomic E-state index is 12.1. The summed E-state index contributed by atoms with van der Waals surface area (Å²) in [5, 5.41) is 2.53. The van der Waals surface area contributed by atoms with E-state index in [0.717, 1.165) is 18.8 Å². The maximum Gasteiger partial charge on any atom is 0.325 e. The largest absolute Gasteiger partial charge is 0.495 e. The van der Waals surface area contributed by atoms with Crippen LogP contribution in [0.1, 0.15) is 31.1 Å². The van der Waals surface area contributed by atoms with Gasteiger partial charge in [0, 0.05) is 18.7 Å². The number of amides is 1. The van der Waals surface area contributed by atoms with Crippen molar-refractivity contribution >= 4 is 17.6 Å². The molecule has 1 amide bonds. The SMILES string of the molecule is CCOC(=O)CNC(=O)c1ccc(N(CC)CC)c(OC)c1. The summed E-state index contributed by atoms with van der Waals surface area (Å²) in [6, 6.07) is 5.25. The molecule has 0 unspecified atom stereocenters. The molecule has 0 aliphatic carbocycles. The van der Waals surface area contributed by atoms with Crippen molar-refractivity contribution in [2.75, 3.05) is 38.3 Å². The fraction of sp³-hybridized carbons (Fsp3) is 0.500. The minimum Gasteiger partial charge on any atom is -0.495 e. The van der Waals surface area contributed by atoms with Gasteiger partial charge in [0.25, 0.3) is 5.91 Å². The number of rotatable bonds is 8.